The second-order valence-electron chi connectivity index (χ2n) is 7.02. The van der Waals surface area contributed by atoms with Crippen molar-refractivity contribution in [2.24, 2.45) is 5.92 Å². The third-order valence-electron chi connectivity index (χ3n) is 4.48. The molecule has 5 nitrogen and oxygen atoms in total. The van der Waals surface area contributed by atoms with E-state index < -0.39 is 10.0 Å². The molecule has 26 heavy (non-hydrogen) atoms. The van der Waals surface area contributed by atoms with Crippen LogP contribution < -0.4 is 10.0 Å². The van der Waals surface area contributed by atoms with Crippen LogP contribution in [0.5, 0.6) is 0 Å². The van der Waals surface area contributed by atoms with Crippen LogP contribution >= 0.6 is 0 Å². The Bertz CT molecular complexity index is 924. The van der Waals surface area contributed by atoms with Gasteiger partial charge in [-0.1, -0.05) is 29.8 Å². The predicted octanol–water partition coefficient (Wildman–Crippen LogP) is 3.44. The van der Waals surface area contributed by atoms with Crippen LogP contribution in [0.4, 0.5) is 5.69 Å². The van der Waals surface area contributed by atoms with Gasteiger partial charge in [-0.25, -0.2) is 13.1 Å². The summed E-state index contributed by atoms with van der Waals surface area (Å²) in [7, 11) is -3.61. The van der Waals surface area contributed by atoms with E-state index in [2.05, 4.69) is 10.0 Å². The van der Waals surface area contributed by atoms with E-state index in [9.17, 15) is 13.2 Å². The normalized spacial score (nSPS) is 14.3. The summed E-state index contributed by atoms with van der Waals surface area (Å²) in [4.78, 5) is 12.2. The number of carbonyl (C=O) groups is 1. The van der Waals surface area contributed by atoms with Gasteiger partial charge < -0.3 is 5.32 Å². The second kappa shape index (κ2) is 7.21. The maximum Gasteiger partial charge on any atom is 0.241 e. The zero-order chi connectivity index (χ0) is 18.9. The van der Waals surface area contributed by atoms with E-state index >= 15 is 0 Å². The number of benzene rings is 2. The molecule has 0 heterocycles. The molecule has 0 unspecified atom stereocenters. The molecule has 2 aromatic rings. The lowest BCUT2D eigenvalue weighted by molar-refractivity contribution is -0.117. The second-order valence-corrected chi connectivity index (χ2v) is 8.72. The molecule has 0 radical (unpaired) electrons. The van der Waals surface area contributed by atoms with Crippen LogP contribution in [0.3, 0.4) is 0 Å². The van der Waals surface area contributed by atoms with Gasteiger partial charge in [-0.3, -0.25) is 4.79 Å². The van der Waals surface area contributed by atoms with Gasteiger partial charge in [0.2, 0.25) is 15.9 Å². The summed E-state index contributed by atoms with van der Waals surface area (Å²) in [6, 6.07) is 11.0. The SMILES string of the molecule is Cc1cc(C)c(S(=O)(=O)NCc2cccc(NC(=O)C3CC3)c2)c(C)c1. The first-order chi connectivity index (χ1) is 12.3. The van der Waals surface area contributed by atoms with Crippen LogP contribution in [0, 0.1) is 26.7 Å². The van der Waals surface area contributed by atoms with Gasteiger partial charge in [-0.2, -0.15) is 0 Å². The summed E-state index contributed by atoms with van der Waals surface area (Å²) in [6.07, 6.45) is 1.89. The third kappa shape index (κ3) is 4.31. The van der Waals surface area contributed by atoms with Crippen molar-refractivity contribution in [3.8, 4) is 0 Å². The van der Waals surface area contributed by atoms with Crippen molar-refractivity contribution in [3.05, 3.63) is 58.7 Å². The summed E-state index contributed by atoms with van der Waals surface area (Å²) >= 11 is 0. The zero-order valence-electron chi connectivity index (χ0n) is 15.3. The molecule has 0 bridgehead atoms. The lowest BCUT2D eigenvalue weighted by Crippen LogP contribution is -2.25. The van der Waals surface area contributed by atoms with Crippen LogP contribution in [-0.4, -0.2) is 14.3 Å². The molecule has 0 aliphatic heterocycles. The Morgan fingerprint density at radius 2 is 1.73 bits per heavy atom. The number of nitrogens with one attached hydrogen (secondary N) is 2. The van der Waals surface area contributed by atoms with Gasteiger partial charge in [0.05, 0.1) is 4.90 Å². The molecule has 1 amide bonds. The van der Waals surface area contributed by atoms with E-state index in [4.69, 9.17) is 0 Å². The Labute approximate surface area is 154 Å². The minimum atomic E-state index is -3.61. The number of aryl methyl sites for hydroxylation is 3. The molecular formula is C20H24N2O3S. The summed E-state index contributed by atoms with van der Waals surface area (Å²) in [5.41, 5.74) is 4.00. The fraction of sp³-hybridized carbons (Fsp3) is 0.350. The molecular weight excluding hydrogens is 348 g/mol. The van der Waals surface area contributed by atoms with Gasteiger partial charge in [0.15, 0.2) is 0 Å². The number of anilines is 1. The Hall–Kier alpha value is -2.18. The number of hydrogen-bond donors (Lipinski definition) is 2. The molecule has 1 aliphatic carbocycles. The van der Waals surface area contributed by atoms with Gasteiger partial charge in [-0.15, -0.1) is 0 Å². The van der Waals surface area contributed by atoms with Crippen LogP contribution in [0.2, 0.25) is 0 Å². The summed E-state index contributed by atoms with van der Waals surface area (Å²) in [5, 5.41) is 2.88. The Kier molecular flexibility index (Phi) is 5.16. The number of hydrogen-bond acceptors (Lipinski definition) is 3. The van der Waals surface area contributed by atoms with Crippen molar-refractivity contribution >= 4 is 21.6 Å². The first kappa shape index (κ1) is 18.6. The summed E-state index contributed by atoms with van der Waals surface area (Å²) in [6.45, 7) is 5.73. The zero-order valence-corrected chi connectivity index (χ0v) is 16.1. The smallest absolute Gasteiger partial charge is 0.241 e. The largest absolute Gasteiger partial charge is 0.326 e. The van der Waals surface area contributed by atoms with Crippen molar-refractivity contribution in [1.82, 2.24) is 4.72 Å². The Balaban J connectivity index is 1.73. The van der Waals surface area contributed by atoms with Crippen LogP contribution in [0.25, 0.3) is 0 Å². The molecule has 6 heteroatoms. The van der Waals surface area contributed by atoms with E-state index in [0.29, 0.717) is 10.6 Å². The van der Waals surface area contributed by atoms with Gasteiger partial charge in [0.25, 0.3) is 0 Å². The molecule has 3 rings (SSSR count). The van der Waals surface area contributed by atoms with Crippen molar-refractivity contribution < 1.29 is 13.2 Å². The van der Waals surface area contributed by atoms with Crippen molar-refractivity contribution in [3.63, 3.8) is 0 Å². The highest BCUT2D eigenvalue weighted by Crippen LogP contribution is 2.30. The molecule has 138 valence electrons. The van der Waals surface area contributed by atoms with E-state index in [1.165, 1.54) is 0 Å². The average Bonchev–Trinajstić information content (AvgIpc) is 3.37. The fourth-order valence-corrected chi connectivity index (χ4v) is 4.66. The quantitative estimate of drug-likeness (QED) is 0.816. The van der Waals surface area contributed by atoms with Crippen molar-refractivity contribution in [2.75, 3.05) is 5.32 Å². The predicted molar refractivity (Wildman–Crippen MR) is 102 cm³/mol. The summed E-state index contributed by atoms with van der Waals surface area (Å²) in [5.74, 6) is 0.165. The molecule has 0 atom stereocenters. The lowest BCUT2D eigenvalue weighted by atomic mass is 10.1. The van der Waals surface area contributed by atoms with Crippen LogP contribution in [-0.2, 0) is 21.4 Å². The molecule has 1 fully saturated rings. The Morgan fingerprint density at radius 3 is 2.35 bits per heavy atom. The average molecular weight is 372 g/mol. The van der Waals surface area contributed by atoms with Gasteiger partial charge in [-0.05, 0) is 62.4 Å². The van der Waals surface area contributed by atoms with Gasteiger partial charge >= 0.3 is 0 Å². The monoisotopic (exact) mass is 372 g/mol. The molecule has 0 spiro atoms. The standard InChI is InChI=1S/C20H24N2O3S/c1-13-9-14(2)19(15(3)10-13)26(24,25)21-12-16-5-4-6-18(11-16)22-20(23)17-7-8-17/h4-6,9-11,17,21H,7-8,12H2,1-3H3,(H,22,23). The minimum absolute atomic E-state index is 0.0358. The molecule has 1 saturated carbocycles. The number of rotatable bonds is 6. The highest BCUT2D eigenvalue weighted by atomic mass is 32.2. The molecule has 2 N–H and O–H groups in total. The maximum atomic E-state index is 12.7. The number of sulfonamides is 1. The first-order valence-corrected chi connectivity index (χ1v) is 10.2. The summed E-state index contributed by atoms with van der Waals surface area (Å²) < 4.78 is 28.1. The number of amides is 1. The molecule has 1 aliphatic rings. The van der Waals surface area contributed by atoms with Crippen LogP contribution in [0.15, 0.2) is 41.3 Å². The highest BCUT2D eigenvalue weighted by Gasteiger charge is 2.29. The van der Waals surface area contributed by atoms with E-state index in [0.717, 1.165) is 35.1 Å². The lowest BCUT2D eigenvalue weighted by Gasteiger charge is -2.13. The number of carbonyl (C=O) groups excluding carboxylic acids is 1. The molecule has 0 aromatic heterocycles. The molecule has 0 saturated heterocycles. The topological polar surface area (TPSA) is 75.3 Å². The van der Waals surface area contributed by atoms with Crippen LogP contribution in [0.1, 0.15) is 35.1 Å². The fourth-order valence-electron chi connectivity index (χ4n) is 3.19. The van der Waals surface area contributed by atoms with Gasteiger partial charge in [0.1, 0.15) is 0 Å². The van der Waals surface area contributed by atoms with E-state index in [1.54, 1.807) is 6.07 Å². The minimum Gasteiger partial charge on any atom is -0.326 e. The van der Waals surface area contributed by atoms with E-state index in [1.807, 2.05) is 51.1 Å². The third-order valence-corrected chi connectivity index (χ3v) is 6.19. The highest BCUT2D eigenvalue weighted by molar-refractivity contribution is 7.89. The Morgan fingerprint density at radius 1 is 1.08 bits per heavy atom. The molecule has 2 aromatic carbocycles. The van der Waals surface area contributed by atoms with Crippen molar-refractivity contribution in [2.45, 2.75) is 45.1 Å². The van der Waals surface area contributed by atoms with E-state index in [-0.39, 0.29) is 18.4 Å². The maximum absolute atomic E-state index is 12.7. The van der Waals surface area contributed by atoms with Crippen molar-refractivity contribution in [1.29, 1.82) is 0 Å². The van der Waals surface area contributed by atoms with Gasteiger partial charge in [0, 0.05) is 18.2 Å². The first-order valence-electron chi connectivity index (χ1n) is 8.73.